The first-order valence-electron chi connectivity index (χ1n) is 6.13. The van der Waals surface area contributed by atoms with Gasteiger partial charge in [0.2, 0.25) is 0 Å². The summed E-state index contributed by atoms with van der Waals surface area (Å²) in [5.74, 6) is 0.839. The molecule has 2 aromatic rings. The van der Waals surface area contributed by atoms with Crippen molar-refractivity contribution in [1.82, 2.24) is 0 Å². The van der Waals surface area contributed by atoms with Gasteiger partial charge in [-0.15, -0.1) is 11.3 Å². The third kappa shape index (κ3) is 2.36. The third-order valence-electron chi connectivity index (χ3n) is 3.16. The minimum atomic E-state index is -0.337. The minimum absolute atomic E-state index is 0.337. The lowest BCUT2D eigenvalue weighted by Gasteiger charge is -2.30. The molecule has 0 unspecified atom stereocenters. The number of fused-ring (bicyclic) bond motifs is 1. The molecule has 0 radical (unpaired) electrons. The zero-order chi connectivity index (χ0) is 14.5. The molecule has 0 bridgehead atoms. The van der Waals surface area contributed by atoms with Crippen LogP contribution in [0.4, 0.5) is 5.00 Å². The SMILES string of the molecule is CC1(C)C=Cc2c(Br)ccc(-c3cc(N)sc3Cl)c2O1. The molecule has 0 amide bonds. The Bertz CT molecular complexity index is 721. The number of benzene rings is 1. The Morgan fingerprint density at radius 2 is 2.05 bits per heavy atom. The lowest BCUT2D eigenvalue weighted by Crippen LogP contribution is -2.27. The molecule has 0 aliphatic carbocycles. The lowest BCUT2D eigenvalue weighted by molar-refractivity contribution is 0.160. The van der Waals surface area contributed by atoms with E-state index in [1.165, 1.54) is 11.3 Å². The average molecular weight is 371 g/mol. The van der Waals surface area contributed by atoms with E-state index in [1.54, 1.807) is 0 Å². The largest absolute Gasteiger partial charge is 0.482 e. The summed E-state index contributed by atoms with van der Waals surface area (Å²) in [7, 11) is 0. The van der Waals surface area contributed by atoms with Gasteiger partial charge in [0, 0.05) is 21.2 Å². The lowest BCUT2D eigenvalue weighted by atomic mass is 9.97. The number of thiophene rings is 1. The first kappa shape index (κ1) is 14.0. The van der Waals surface area contributed by atoms with Gasteiger partial charge in [-0.1, -0.05) is 33.6 Å². The predicted octanol–water partition coefficient (Wildman–Crippen LogP) is 5.60. The van der Waals surface area contributed by atoms with Gasteiger partial charge in [0.15, 0.2) is 0 Å². The molecule has 0 spiro atoms. The Labute approximate surface area is 135 Å². The highest BCUT2D eigenvalue weighted by atomic mass is 79.9. The number of hydrogen-bond acceptors (Lipinski definition) is 3. The molecule has 2 N–H and O–H groups in total. The van der Waals surface area contributed by atoms with Crippen LogP contribution in [0.25, 0.3) is 17.2 Å². The van der Waals surface area contributed by atoms with Gasteiger partial charge in [0.05, 0.1) is 5.00 Å². The van der Waals surface area contributed by atoms with Gasteiger partial charge in [-0.2, -0.15) is 0 Å². The van der Waals surface area contributed by atoms with Crippen molar-refractivity contribution in [3.63, 3.8) is 0 Å². The van der Waals surface area contributed by atoms with Gasteiger partial charge >= 0.3 is 0 Å². The molecular weight excluding hydrogens is 358 g/mol. The highest BCUT2D eigenvalue weighted by Gasteiger charge is 2.26. The smallest absolute Gasteiger partial charge is 0.136 e. The Morgan fingerprint density at radius 3 is 2.70 bits per heavy atom. The topological polar surface area (TPSA) is 35.2 Å². The van der Waals surface area contributed by atoms with Crippen molar-refractivity contribution < 1.29 is 4.74 Å². The molecule has 1 aliphatic rings. The van der Waals surface area contributed by atoms with Gasteiger partial charge in [0.1, 0.15) is 15.7 Å². The van der Waals surface area contributed by atoms with E-state index in [9.17, 15) is 0 Å². The van der Waals surface area contributed by atoms with Crippen molar-refractivity contribution in [2.45, 2.75) is 19.4 Å². The standard InChI is InChI=1S/C15H13BrClNOS/c1-15(2)6-5-9-11(16)4-3-8(13(9)19-15)10-7-12(18)20-14(10)17/h3-7H,18H2,1-2H3. The van der Waals surface area contributed by atoms with Crippen molar-refractivity contribution in [3.8, 4) is 16.9 Å². The number of nitrogen functional groups attached to an aromatic ring is 1. The van der Waals surface area contributed by atoms with Crippen LogP contribution in [-0.2, 0) is 0 Å². The summed E-state index contributed by atoms with van der Waals surface area (Å²) < 4.78 is 7.82. The molecule has 1 aromatic heterocycles. The van der Waals surface area contributed by atoms with Crippen molar-refractivity contribution in [2.24, 2.45) is 0 Å². The number of anilines is 1. The molecule has 1 aromatic carbocycles. The number of halogens is 2. The van der Waals surface area contributed by atoms with Crippen LogP contribution in [0.3, 0.4) is 0 Å². The van der Waals surface area contributed by atoms with Gasteiger partial charge in [0.25, 0.3) is 0 Å². The van der Waals surface area contributed by atoms with Crippen molar-refractivity contribution in [2.75, 3.05) is 5.73 Å². The summed E-state index contributed by atoms with van der Waals surface area (Å²) in [6.45, 7) is 4.06. The molecule has 0 saturated carbocycles. The van der Waals surface area contributed by atoms with Crippen LogP contribution in [0.1, 0.15) is 19.4 Å². The fourth-order valence-electron chi connectivity index (χ4n) is 2.20. The summed E-state index contributed by atoms with van der Waals surface area (Å²) in [6.07, 6.45) is 4.13. The molecule has 0 atom stereocenters. The molecule has 5 heteroatoms. The molecule has 1 aliphatic heterocycles. The normalized spacial score (nSPS) is 15.8. The summed E-state index contributed by atoms with van der Waals surface area (Å²) >= 11 is 11.2. The second-order valence-electron chi connectivity index (χ2n) is 5.21. The molecule has 2 heterocycles. The molecule has 0 saturated heterocycles. The summed E-state index contributed by atoms with van der Waals surface area (Å²) in [5, 5.41) is 0.701. The van der Waals surface area contributed by atoms with E-state index in [4.69, 9.17) is 22.1 Å². The molecule has 0 fully saturated rings. The number of nitrogens with two attached hydrogens (primary N) is 1. The van der Waals surface area contributed by atoms with Gasteiger partial charge in [-0.3, -0.25) is 0 Å². The zero-order valence-electron chi connectivity index (χ0n) is 11.0. The molecule has 3 rings (SSSR count). The van der Waals surface area contributed by atoms with Gasteiger partial charge in [-0.25, -0.2) is 0 Å². The van der Waals surface area contributed by atoms with E-state index < -0.39 is 0 Å². The Kier molecular flexibility index (Phi) is 3.35. The average Bonchev–Trinajstić information content (AvgIpc) is 2.67. The van der Waals surface area contributed by atoms with Crippen LogP contribution < -0.4 is 10.5 Å². The van der Waals surface area contributed by atoms with E-state index in [1.807, 2.05) is 38.1 Å². The van der Waals surface area contributed by atoms with E-state index in [2.05, 4.69) is 22.0 Å². The maximum atomic E-state index is 6.29. The maximum absolute atomic E-state index is 6.29. The molecular formula is C15H13BrClNOS. The second-order valence-corrected chi connectivity index (χ2v) is 7.75. The van der Waals surface area contributed by atoms with Crippen molar-refractivity contribution in [3.05, 3.63) is 38.6 Å². The third-order valence-corrected chi connectivity index (χ3v) is 5.03. The Hall–Kier alpha value is -0.970. The summed E-state index contributed by atoms with van der Waals surface area (Å²) in [6, 6.07) is 5.90. The summed E-state index contributed by atoms with van der Waals surface area (Å²) in [4.78, 5) is 0. The number of ether oxygens (including phenoxy) is 1. The molecule has 20 heavy (non-hydrogen) atoms. The predicted molar refractivity (Wildman–Crippen MR) is 90.6 cm³/mol. The number of rotatable bonds is 1. The van der Waals surface area contributed by atoms with Crippen LogP contribution in [-0.4, -0.2) is 5.60 Å². The maximum Gasteiger partial charge on any atom is 0.136 e. The fourth-order valence-corrected chi connectivity index (χ4v) is 3.74. The second kappa shape index (κ2) is 4.79. The van der Waals surface area contributed by atoms with E-state index in [0.29, 0.717) is 9.34 Å². The van der Waals surface area contributed by atoms with Crippen LogP contribution in [0.5, 0.6) is 5.75 Å². The monoisotopic (exact) mass is 369 g/mol. The van der Waals surface area contributed by atoms with Gasteiger partial charge in [-0.05, 0) is 38.1 Å². The first-order valence-corrected chi connectivity index (χ1v) is 8.12. The Balaban J connectivity index is 2.24. The van der Waals surface area contributed by atoms with Crippen LogP contribution in [0, 0.1) is 0 Å². The van der Waals surface area contributed by atoms with Crippen LogP contribution >= 0.6 is 38.9 Å². The van der Waals surface area contributed by atoms with Crippen molar-refractivity contribution >= 4 is 49.9 Å². The highest BCUT2D eigenvalue weighted by molar-refractivity contribution is 9.10. The zero-order valence-corrected chi connectivity index (χ0v) is 14.2. The molecule has 104 valence electrons. The van der Waals surface area contributed by atoms with Crippen LogP contribution in [0.15, 0.2) is 28.7 Å². The van der Waals surface area contributed by atoms with Gasteiger partial charge < -0.3 is 10.5 Å². The van der Waals surface area contributed by atoms with Crippen LogP contribution in [0.2, 0.25) is 4.34 Å². The fraction of sp³-hybridized carbons (Fsp3) is 0.200. The number of hydrogen-bond donors (Lipinski definition) is 1. The quantitative estimate of drug-likeness (QED) is 0.709. The van der Waals surface area contributed by atoms with Crippen molar-refractivity contribution in [1.29, 1.82) is 0 Å². The molecule has 2 nitrogen and oxygen atoms in total. The minimum Gasteiger partial charge on any atom is -0.482 e. The van der Waals surface area contributed by atoms with E-state index >= 15 is 0 Å². The van der Waals surface area contributed by atoms with E-state index in [0.717, 1.165) is 26.9 Å². The highest BCUT2D eigenvalue weighted by Crippen LogP contribution is 2.47. The first-order chi connectivity index (χ1) is 9.37. The van der Waals surface area contributed by atoms with E-state index in [-0.39, 0.29) is 5.60 Å². The Morgan fingerprint density at radius 1 is 1.30 bits per heavy atom. The summed E-state index contributed by atoms with van der Waals surface area (Å²) in [5.41, 5.74) is 8.43.